The minimum atomic E-state index is -1.43. The van der Waals surface area contributed by atoms with Crippen LogP contribution in [0.25, 0.3) is 5.65 Å². The smallest absolute Gasteiger partial charge is 0.543 e. The van der Waals surface area contributed by atoms with Gasteiger partial charge >= 0.3 is 29.6 Å². The zero-order chi connectivity index (χ0) is 17.4. The van der Waals surface area contributed by atoms with Gasteiger partial charge in [-0.05, 0) is 40.2 Å². The van der Waals surface area contributed by atoms with Crippen LogP contribution in [-0.4, -0.2) is 21.3 Å². The molecule has 0 aliphatic rings. The van der Waals surface area contributed by atoms with Gasteiger partial charge in [0, 0.05) is 6.20 Å². The zero-order valence-corrected chi connectivity index (χ0v) is 17.8. The van der Waals surface area contributed by atoms with Gasteiger partial charge in [0.1, 0.15) is 10.3 Å². The van der Waals surface area contributed by atoms with Crippen molar-refractivity contribution >= 4 is 62.3 Å². The number of hydrogen-bond acceptors (Lipinski definition) is 4. The van der Waals surface area contributed by atoms with Crippen LogP contribution in [-0.2, 0) is 0 Å². The van der Waals surface area contributed by atoms with Crippen molar-refractivity contribution in [1.82, 2.24) is 9.38 Å². The van der Waals surface area contributed by atoms with Crippen molar-refractivity contribution in [1.29, 1.82) is 0 Å². The number of fused-ring (bicyclic) bond motifs is 1. The van der Waals surface area contributed by atoms with Crippen LogP contribution in [0, 0.1) is 0 Å². The molecule has 3 aromatic rings. The number of halogens is 3. The summed E-state index contributed by atoms with van der Waals surface area (Å²) in [6.07, 6.45) is 1.59. The van der Waals surface area contributed by atoms with E-state index in [1.54, 1.807) is 36.5 Å². The number of carboxylic acids is 1. The predicted molar refractivity (Wildman–Crippen MR) is 91.6 cm³/mol. The second-order valence-electron chi connectivity index (χ2n) is 4.70. The summed E-state index contributed by atoms with van der Waals surface area (Å²) >= 11 is 15.2. The molecule has 0 bridgehead atoms. The van der Waals surface area contributed by atoms with Crippen molar-refractivity contribution in [2.24, 2.45) is 0 Å². The normalized spacial score (nSPS) is 10.4. The Bertz CT molecular complexity index is 973. The zero-order valence-electron chi connectivity index (χ0n) is 12.7. The summed E-state index contributed by atoms with van der Waals surface area (Å²) < 4.78 is 1.68. The topological polar surface area (TPSA) is 86.5 Å². The van der Waals surface area contributed by atoms with Gasteiger partial charge in [-0.2, -0.15) is 0 Å². The summed E-state index contributed by atoms with van der Waals surface area (Å²) in [6, 6.07) is 7.92. The summed E-state index contributed by atoms with van der Waals surface area (Å²) in [5, 5.41) is 14.1. The molecule has 2 heterocycles. The number of imidazole rings is 1. The summed E-state index contributed by atoms with van der Waals surface area (Å²) in [5.74, 6) is -1.97. The Balaban J connectivity index is 0.00000225. The molecule has 0 fully saturated rings. The first-order valence-corrected chi connectivity index (χ1v) is 8.08. The number of anilines is 1. The van der Waals surface area contributed by atoms with E-state index >= 15 is 0 Å². The molecular formula is C15H7BrCl2N3NaO3. The Morgan fingerprint density at radius 2 is 1.80 bits per heavy atom. The van der Waals surface area contributed by atoms with Gasteiger partial charge in [-0.3, -0.25) is 9.20 Å². The third-order valence-electron chi connectivity index (χ3n) is 3.22. The molecule has 0 saturated carbocycles. The number of amides is 1. The average Bonchev–Trinajstić information content (AvgIpc) is 2.86. The molecule has 0 unspecified atom stereocenters. The number of carbonyl (C=O) groups excluding carboxylic acids is 2. The number of hydrogen-bond donors (Lipinski definition) is 1. The monoisotopic (exact) mass is 449 g/mol. The third-order valence-corrected chi connectivity index (χ3v) is 4.61. The number of aromatic nitrogens is 2. The molecule has 6 nitrogen and oxygen atoms in total. The van der Waals surface area contributed by atoms with E-state index < -0.39 is 11.9 Å². The van der Waals surface area contributed by atoms with Crippen molar-refractivity contribution in [2.75, 3.05) is 5.32 Å². The molecule has 10 heteroatoms. The fraction of sp³-hybridized carbons (Fsp3) is 0. The molecule has 1 amide bonds. The SMILES string of the molecule is O=C([O-])c1nc2c(NC(=O)c3c(Cl)cccc3Cl)cccn2c1Br.[Na+]. The molecule has 25 heavy (non-hydrogen) atoms. The van der Waals surface area contributed by atoms with E-state index in [4.69, 9.17) is 23.2 Å². The van der Waals surface area contributed by atoms with Crippen LogP contribution in [0.3, 0.4) is 0 Å². The molecule has 1 N–H and O–H groups in total. The van der Waals surface area contributed by atoms with Gasteiger partial charge in [-0.25, -0.2) is 4.98 Å². The molecule has 0 atom stereocenters. The number of nitrogens with zero attached hydrogens (tertiary/aromatic N) is 2. The number of carbonyl (C=O) groups is 2. The van der Waals surface area contributed by atoms with Gasteiger partial charge in [-0.15, -0.1) is 0 Å². The van der Waals surface area contributed by atoms with Crippen LogP contribution >= 0.6 is 39.1 Å². The summed E-state index contributed by atoms with van der Waals surface area (Å²) in [6.45, 7) is 0. The standard InChI is InChI=1S/C15H8BrCl2N3O3.Na/c16-12-11(15(23)24)20-13-9(5-2-6-21(12)13)19-14(22)10-7(17)3-1-4-8(10)18;/h1-6H,(H,19,22)(H,23,24);/q;+1/p-1. The Labute approximate surface area is 182 Å². The molecule has 2 aromatic heterocycles. The summed E-state index contributed by atoms with van der Waals surface area (Å²) in [5.41, 5.74) is 0.382. The molecule has 0 radical (unpaired) electrons. The van der Waals surface area contributed by atoms with Gasteiger partial charge in [-0.1, -0.05) is 29.3 Å². The number of carboxylic acid groups (broad SMARTS) is 1. The van der Waals surface area contributed by atoms with Crippen LogP contribution in [0.15, 0.2) is 41.1 Å². The Hall–Kier alpha value is -1.09. The number of rotatable bonds is 3. The summed E-state index contributed by atoms with van der Waals surface area (Å²) in [7, 11) is 0. The van der Waals surface area contributed by atoms with E-state index in [0.29, 0.717) is 5.69 Å². The number of aromatic carboxylic acids is 1. The third kappa shape index (κ3) is 3.86. The number of nitrogens with one attached hydrogen (secondary N) is 1. The Morgan fingerprint density at radius 3 is 2.40 bits per heavy atom. The minimum absolute atomic E-state index is 0. The Kier molecular flexibility index (Phi) is 6.53. The van der Waals surface area contributed by atoms with E-state index in [1.807, 2.05) is 0 Å². The maximum atomic E-state index is 12.5. The van der Waals surface area contributed by atoms with Crippen molar-refractivity contribution < 1.29 is 44.3 Å². The van der Waals surface area contributed by atoms with Gasteiger partial charge in [0.25, 0.3) is 5.91 Å². The van der Waals surface area contributed by atoms with Gasteiger partial charge in [0.05, 0.1) is 27.3 Å². The molecule has 3 rings (SSSR count). The molecular weight excluding hydrogens is 444 g/mol. The first-order valence-electron chi connectivity index (χ1n) is 6.53. The van der Waals surface area contributed by atoms with Crippen molar-refractivity contribution in [3.63, 3.8) is 0 Å². The van der Waals surface area contributed by atoms with Crippen LogP contribution in [0.5, 0.6) is 0 Å². The van der Waals surface area contributed by atoms with E-state index in [0.717, 1.165) is 0 Å². The maximum absolute atomic E-state index is 12.5. The molecule has 122 valence electrons. The first-order chi connectivity index (χ1) is 11.4. The van der Waals surface area contributed by atoms with Gasteiger partial charge in [0.2, 0.25) is 0 Å². The van der Waals surface area contributed by atoms with Crippen molar-refractivity contribution in [2.45, 2.75) is 0 Å². The summed E-state index contributed by atoms with van der Waals surface area (Å²) in [4.78, 5) is 27.5. The predicted octanol–water partition coefficient (Wildman–Crippen LogP) is 0.0234. The molecule has 0 spiro atoms. The van der Waals surface area contributed by atoms with Crippen molar-refractivity contribution in [3.8, 4) is 0 Å². The van der Waals surface area contributed by atoms with E-state index in [2.05, 4.69) is 26.2 Å². The van der Waals surface area contributed by atoms with Crippen LogP contribution in [0.1, 0.15) is 20.8 Å². The fourth-order valence-electron chi connectivity index (χ4n) is 2.17. The fourth-order valence-corrected chi connectivity index (χ4v) is 3.27. The number of benzene rings is 1. The second-order valence-corrected chi connectivity index (χ2v) is 6.27. The Morgan fingerprint density at radius 1 is 1.16 bits per heavy atom. The quantitative estimate of drug-likeness (QED) is 0.570. The molecule has 1 aromatic carbocycles. The largest absolute Gasteiger partial charge is 1.00 e. The number of pyridine rings is 1. The minimum Gasteiger partial charge on any atom is -0.543 e. The van der Waals surface area contributed by atoms with E-state index in [-0.39, 0.29) is 61.1 Å². The van der Waals surface area contributed by atoms with Gasteiger partial charge < -0.3 is 15.2 Å². The molecule has 0 aliphatic heterocycles. The van der Waals surface area contributed by atoms with E-state index in [1.165, 1.54) is 4.40 Å². The molecule has 0 saturated heterocycles. The van der Waals surface area contributed by atoms with Crippen molar-refractivity contribution in [3.05, 3.63) is 62.4 Å². The van der Waals surface area contributed by atoms with Crippen LogP contribution < -0.4 is 40.0 Å². The maximum Gasteiger partial charge on any atom is 1.00 e. The average molecular weight is 451 g/mol. The van der Waals surface area contributed by atoms with Crippen LogP contribution in [0.2, 0.25) is 10.0 Å². The van der Waals surface area contributed by atoms with Crippen LogP contribution in [0.4, 0.5) is 5.69 Å². The van der Waals surface area contributed by atoms with Gasteiger partial charge in [0.15, 0.2) is 5.65 Å². The first kappa shape index (κ1) is 20.2. The molecule has 0 aliphatic carbocycles. The van der Waals surface area contributed by atoms with E-state index in [9.17, 15) is 14.7 Å². The second kappa shape index (κ2) is 8.07.